The number of rotatable bonds is 3. The Morgan fingerprint density at radius 1 is 1.53 bits per heavy atom. The van der Waals surface area contributed by atoms with Crippen molar-refractivity contribution < 1.29 is 19.6 Å². The summed E-state index contributed by atoms with van der Waals surface area (Å²) in [5, 5.41) is 25.2. The summed E-state index contributed by atoms with van der Waals surface area (Å²) in [5.74, 6) is -2.07. The SMILES string of the molecule is O=C(O)C1CCCCN1C(=O)c1cc([N+](=O)[O-])[nH]n1. The van der Waals surface area contributed by atoms with Crippen LogP contribution in [0.1, 0.15) is 29.8 Å². The topological polar surface area (TPSA) is 129 Å². The molecule has 0 aromatic carbocycles. The molecule has 1 aromatic heterocycles. The van der Waals surface area contributed by atoms with Crippen LogP contribution in [0, 0.1) is 10.1 Å². The Bertz CT molecular complexity index is 526. The summed E-state index contributed by atoms with van der Waals surface area (Å²) in [7, 11) is 0. The van der Waals surface area contributed by atoms with Gasteiger partial charge in [-0.15, -0.1) is 5.10 Å². The second-order valence-electron chi connectivity index (χ2n) is 4.24. The summed E-state index contributed by atoms with van der Waals surface area (Å²) in [6.07, 6.45) is 1.83. The summed E-state index contributed by atoms with van der Waals surface area (Å²) in [6.45, 7) is 0.316. The number of aromatic amines is 1. The van der Waals surface area contributed by atoms with E-state index in [1.807, 2.05) is 0 Å². The van der Waals surface area contributed by atoms with Gasteiger partial charge in [-0.3, -0.25) is 4.79 Å². The lowest BCUT2D eigenvalue weighted by Gasteiger charge is -2.32. The molecule has 1 aromatic rings. The highest BCUT2D eigenvalue weighted by atomic mass is 16.6. The lowest BCUT2D eigenvalue weighted by Crippen LogP contribution is -2.48. The van der Waals surface area contributed by atoms with Crippen LogP contribution >= 0.6 is 0 Å². The predicted molar refractivity (Wildman–Crippen MR) is 61.6 cm³/mol. The van der Waals surface area contributed by atoms with Crippen LogP contribution < -0.4 is 0 Å². The zero-order valence-corrected chi connectivity index (χ0v) is 9.90. The van der Waals surface area contributed by atoms with Gasteiger partial charge in [0.2, 0.25) is 0 Å². The third-order valence-electron chi connectivity index (χ3n) is 3.03. The Hall–Kier alpha value is -2.45. The van der Waals surface area contributed by atoms with Crippen LogP contribution in [0.4, 0.5) is 5.82 Å². The van der Waals surface area contributed by atoms with Crippen molar-refractivity contribution in [2.24, 2.45) is 0 Å². The van der Waals surface area contributed by atoms with Gasteiger partial charge in [-0.2, -0.15) is 0 Å². The number of piperidine rings is 1. The van der Waals surface area contributed by atoms with Gasteiger partial charge in [0.25, 0.3) is 5.91 Å². The molecule has 0 radical (unpaired) electrons. The number of nitrogens with one attached hydrogen (secondary N) is 1. The van der Waals surface area contributed by atoms with E-state index in [4.69, 9.17) is 5.11 Å². The second kappa shape index (κ2) is 5.04. The summed E-state index contributed by atoms with van der Waals surface area (Å²) in [4.78, 5) is 34.2. The molecular formula is C10H12N4O5. The molecule has 0 spiro atoms. The summed E-state index contributed by atoms with van der Waals surface area (Å²) in [6, 6.07) is 0.118. The number of aromatic nitrogens is 2. The van der Waals surface area contributed by atoms with Gasteiger partial charge in [-0.1, -0.05) is 5.10 Å². The van der Waals surface area contributed by atoms with Crippen molar-refractivity contribution in [2.75, 3.05) is 6.54 Å². The number of carbonyl (C=O) groups is 2. The van der Waals surface area contributed by atoms with Crippen molar-refractivity contribution >= 4 is 17.7 Å². The van der Waals surface area contributed by atoms with Gasteiger partial charge in [0, 0.05) is 6.54 Å². The number of likely N-dealkylation sites (tertiary alicyclic amines) is 1. The molecule has 0 aliphatic carbocycles. The second-order valence-corrected chi connectivity index (χ2v) is 4.24. The largest absolute Gasteiger partial charge is 0.480 e. The number of hydrogen-bond acceptors (Lipinski definition) is 5. The number of aliphatic carboxylic acids is 1. The Kier molecular flexibility index (Phi) is 3.45. The zero-order chi connectivity index (χ0) is 14.0. The molecule has 2 heterocycles. The molecule has 9 heteroatoms. The van der Waals surface area contributed by atoms with Gasteiger partial charge < -0.3 is 20.1 Å². The molecule has 0 bridgehead atoms. The fraction of sp³-hybridized carbons (Fsp3) is 0.500. The first kappa shape index (κ1) is 13.0. The molecule has 1 amide bonds. The number of amides is 1. The van der Waals surface area contributed by atoms with Gasteiger partial charge in [0.15, 0.2) is 5.69 Å². The van der Waals surface area contributed by atoms with Crippen LogP contribution in [-0.4, -0.2) is 49.6 Å². The first-order chi connectivity index (χ1) is 9.00. The average molecular weight is 268 g/mol. The molecule has 1 fully saturated rings. The first-order valence-electron chi connectivity index (χ1n) is 5.74. The molecule has 1 unspecified atom stereocenters. The molecular weight excluding hydrogens is 256 g/mol. The molecule has 1 aliphatic heterocycles. The van der Waals surface area contributed by atoms with Crippen molar-refractivity contribution in [1.29, 1.82) is 0 Å². The van der Waals surface area contributed by atoms with E-state index in [0.29, 0.717) is 19.4 Å². The number of carbonyl (C=O) groups excluding carboxylic acids is 1. The van der Waals surface area contributed by atoms with Crippen LogP contribution in [0.3, 0.4) is 0 Å². The van der Waals surface area contributed by atoms with Gasteiger partial charge in [0.1, 0.15) is 6.04 Å². The fourth-order valence-corrected chi connectivity index (χ4v) is 2.09. The van der Waals surface area contributed by atoms with E-state index < -0.39 is 28.7 Å². The number of carboxylic acid groups (broad SMARTS) is 1. The van der Waals surface area contributed by atoms with E-state index in [9.17, 15) is 19.7 Å². The normalized spacial score (nSPS) is 19.2. The maximum Gasteiger partial charge on any atom is 0.343 e. The monoisotopic (exact) mass is 268 g/mol. The van der Waals surface area contributed by atoms with Gasteiger partial charge >= 0.3 is 11.8 Å². The highest BCUT2D eigenvalue weighted by molar-refractivity contribution is 5.95. The lowest BCUT2D eigenvalue weighted by atomic mass is 10.0. The number of H-pyrrole nitrogens is 1. The summed E-state index contributed by atoms with van der Waals surface area (Å²) in [5.41, 5.74) is -0.139. The van der Waals surface area contributed by atoms with E-state index in [2.05, 4.69) is 10.2 Å². The van der Waals surface area contributed by atoms with Gasteiger partial charge in [0.05, 0.1) is 6.07 Å². The van der Waals surface area contributed by atoms with E-state index in [1.165, 1.54) is 4.90 Å². The fourth-order valence-electron chi connectivity index (χ4n) is 2.09. The molecule has 1 atom stereocenters. The maximum atomic E-state index is 12.1. The molecule has 19 heavy (non-hydrogen) atoms. The third-order valence-corrected chi connectivity index (χ3v) is 3.03. The smallest absolute Gasteiger partial charge is 0.343 e. The molecule has 0 saturated carbocycles. The van der Waals surface area contributed by atoms with Crippen molar-refractivity contribution in [1.82, 2.24) is 15.1 Å². The van der Waals surface area contributed by atoms with Crippen LogP contribution in [0.2, 0.25) is 0 Å². The van der Waals surface area contributed by atoms with E-state index >= 15 is 0 Å². The van der Waals surface area contributed by atoms with E-state index in [0.717, 1.165) is 12.5 Å². The minimum absolute atomic E-state index is 0.139. The van der Waals surface area contributed by atoms with Crippen molar-refractivity contribution in [3.05, 3.63) is 21.9 Å². The summed E-state index contributed by atoms with van der Waals surface area (Å²) >= 11 is 0. The molecule has 2 rings (SSSR count). The lowest BCUT2D eigenvalue weighted by molar-refractivity contribution is -0.389. The number of nitrogens with zero attached hydrogens (tertiary/aromatic N) is 3. The number of nitro groups is 1. The average Bonchev–Trinajstić information content (AvgIpc) is 2.87. The Balaban J connectivity index is 2.21. The quantitative estimate of drug-likeness (QED) is 0.602. The zero-order valence-electron chi connectivity index (χ0n) is 9.90. The number of hydrogen-bond donors (Lipinski definition) is 2. The van der Waals surface area contributed by atoms with E-state index in [1.54, 1.807) is 0 Å². The van der Waals surface area contributed by atoms with Gasteiger partial charge in [-0.05, 0) is 24.2 Å². The Labute approximate surface area is 107 Å². The minimum atomic E-state index is -1.07. The highest BCUT2D eigenvalue weighted by Crippen LogP contribution is 2.20. The van der Waals surface area contributed by atoms with Crippen LogP contribution in [0.15, 0.2) is 6.07 Å². The Morgan fingerprint density at radius 3 is 2.84 bits per heavy atom. The molecule has 102 valence electrons. The first-order valence-corrected chi connectivity index (χ1v) is 5.74. The molecule has 1 aliphatic rings. The predicted octanol–water partition coefficient (Wildman–Crippen LogP) is 0.397. The van der Waals surface area contributed by atoms with Crippen molar-refractivity contribution in [3.8, 4) is 0 Å². The number of carboxylic acids is 1. The molecule has 1 saturated heterocycles. The summed E-state index contributed by atoms with van der Waals surface area (Å²) < 4.78 is 0. The highest BCUT2D eigenvalue weighted by Gasteiger charge is 2.34. The molecule has 9 nitrogen and oxygen atoms in total. The third kappa shape index (κ3) is 2.54. The minimum Gasteiger partial charge on any atom is -0.480 e. The van der Waals surface area contributed by atoms with Crippen LogP contribution in [-0.2, 0) is 4.79 Å². The van der Waals surface area contributed by atoms with Crippen molar-refractivity contribution in [2.45, 2.75) is 25.3 Å². The van der Waals surface area contributed by atoms with E-state index in [-0.39, 0.29) is 5.69 Å². The Morgan fingerprint density at radius 2 is 2.26 bits per heavy atom. The standard InChI is InChI=1S/C10H12N4O5/c15-9(6-5-8(12-11-6)14(18)19)13-4-2-1-3-7(13)10(16)17/h5,7H,1-4H2,(H,11,12)(H,16,17). The van der Waals surface area contributed by atoms with Gasteiger partial charge in [-0.25, -0.2) is 4.79 Å². The van der Waals surface area contributed by atoms with Crippen molar-refractivity contribution in [3.63, 3.8) is 0 Å². The van der Waals surface area contributed by atoms with Crippen LogP contribution in [0.25, 0.3) is 0 Å². The maximum absolute atomic E-state index is 12.1. The van der Waals surface area contributed by atoms with Crippen LogP contribution in [0.5, 0.6) is 0 Å². The molecule has 2 N–H and O–H groups in total.